The van der Waals surface area contributed by atoms with Gasteiger partial charge in [-0.15, -0.1) is 0 Å². The Morgan fingerprint density at radius 3 is 2.37 bits per heavy atom. The average Bonchev–Trinajstić information content (AvgIpc) is 3.36. The highest BCUT2D eigenvalue weighted by atomic mass is 16.7. The summed E-state index contributed by atoms with van der Waals surface area (Å²) in [7, 11) is 0. The van der Waals surface area contributed by atoms with E-state index in [1.54, 1.807) is 20.8 Å². The number of hydrogen-bond donors (Lipinski definition) is 2. The van der Waals surface area contributed by atoms with Gasteiger partial charge in [0, 0.05) is 38.0 Å². The Morgan fingerprint density at radius 1 is 0.962 bits per heavy atom. The maximum Gasteiger partial charge on any atom is 0.305 e. The molecule has 2 spiro atoms. The molecule has 2 N–H and O–H groups in total. The van der Waals surface area contributed by atoms with Crippen molar-refractivity contribution >= 4 is 5.97 Å². The lowest BCUT2D eigenvalue weighted by molar-refractivity contribution is -0.249. The number of carbonyl (C=O) groups is 1. The summed E-state index contributed by atoms with van der Waals surface area (Å²) in [5, 5.41) is 23.8. The second-order valence-electron chi connectivity index (χ2n) is 20.7. The van der Waals surface area contributed by atoms with Crippen LogP contribution < -0.4 is 0 Å². The standard InChI is InChI=1S/C43H72N2O7/c1-9-32(46)52-37(39(5,6)48)28-24-27(2)34-35(50-28)36(47)41(8)30-13-12-29-38(3,4)31(14-15-42(29)26-43(30,42)17-16-40(34,41)7)51-33-25-45(22-23-49-33)21-20-44-18-10-11-19-44/h27-31,33-37,47-48H,9-26H2,1-8H3/t27-,28-,29+,30+,31+,33+,34+,35+,36+,37+,40-,41-,42-,43+/m1/s1. The second kappa shape index (κ2) is 13.1. The molecule has 0 radical (unpaired) electrons. The number of aliphatic hydroxyl groups is 2. The van der Waals surface area contributed by atoms with E-state index in [0.29, 0.717) is 23.7 Å². The van der Waals surface area contributed by atoms with Gasteiger partial charge in [0.05, 0.1) is 36.6 Å². The van der Waals surface area contributed by atoms with Gasteiger partial charge in [0.1, 0.15) is 0 Å². The van der Waals surface area contributed by atoms with Crippen LogP contribution in [0.5, 0.6) is 0 Å². The molecule has 0 aromatic rings. The summed E-state index contributed by atoms with van der Waals surface area (Å²) in [5.41, 5.74) is -0.919. The minimum Gasteiger partial charge on any atom is -0.457 e. The lowest BCUT2D eigenvalue weighted by Crippen LogP contribution is -2.60. The molecule has 9 nitrogen and oxygen atoms in total. The third-order valence-corrected chi connectivity index (χ3v) is 17.7. The molecule has 296 valence electrons. The van der Waals surface area contributed by atoms with E-state index in [-0.39, 0.29) is 64.4 Å². The lowest BCUT2D eigenvalue weighted by Gasteiger charge is -2.64. The number of carbonyl (C=O) groups excluding carboxylic acids is 1. The van der Waals surface area contributed by atoms with Gasteiger partial charge in [-0.3, -0.25) is 9.69 Å². The normalized spacial score (nSPS) is 49.2. The zero-order valence-corrected chi connectivity index (χ0v) is 33.8. The van der Waals surface area contributed by atoms with Crippen LogP contribution in [-0.2, 0) is 23.7 Å². The summed E-state index contributed by atoms with van der Waals surface area (Å²) in [6, 6.07) is 0. The van der Waals surface area contributed by atoms with E-state index in [4.69, 9.17) is 18.9 Å². The number of hydrogen-bond acceptors (Lipinski definition) is 9. The summed E-state index contributed by atoms with van der Waals surface area (Å²) in [5.74, 6) is 1.24. The number of ether oxygens (including phenoxy) is 4. The van der Waals surface area contributed by atoms with E-state index in [1.807, 2.05) is 0 Å². The fraction of sp³-hybridized carbons (Fsp3) is 0.977. The first-order chi connectivity index (χ1) is 24.5. The van der Waals surface area contributed by atoms with E-state index in [2.05, 4.69) is 44.4 Å². The third-order valence-electron chi connectivity index (χ3n) is 17.7. The molecule has 0 unspecified atom stereocenters. The Bertz CT molecular complexity index is 1350. The SMILES string of the molecule is CCC(=O)O[C@@H]([C@H]1C[C@@H](C)[C@H]2[C@H](O1)[C@H](O)[C@@]1(C)[C@@H]3CC[C@H]4C(C)(C)[C@@H](O[C@H]5CN(CCN6CCCC6)CCO5)CC[C@@]45C[C@@]35CC[C@]21C)C(C)(C)O. The number of fused-ring (bicyclic) bond motifs is 4. The lowest BCUT2D eigenvalue weighted by atomic mass is 9.41. The van der Waals surface area contributed by atoms with Crippen LogP contribution in [0.2, 0.25) is 0 Å². The van der Waals surface area contributed by atoms with Crippen molar-refractivity contribution in [1.29, 1.82) is 0 Å². The van der Waals surface area contributed by atoms with Gasteiger partial charge in [0.25, 0.3) is 0 Å². The van der Waals surface area contributed by atoms with E-state index in [9.17, 15) is 15.0 Å². The molecule has 0 bridgehead atoms. The summed E-state index contributed by atoms with van der Waals surface area (Å²) in [6.07, 6.45) is 9.83. The predicted molar refractivity (Wildman–Crippen MR) is 199 cm³/mol. The van der Waals surface area contributed by atoms with Gasteiger partial charge in [-0.05, 0) is 136 Å². The molecule has 3 saturated heterocycles. The molecular weight excluding hydrogens is 656 g/mol. The molecule has 9 heteroatoms. The fourth-order valence-electron chi connectivity index (χ4n) is 15.1. The Labute approximate surface area is 314 Å². The molecule has 3 heterocycles. The molecule has 5 saturated carbocycles. The van der Waals surface area contributed by atoms with E-state index in [0.717, 1.165) is 52.0 Å². The summed E-state index contributed by atoms with van der Waals surface area (Å²) >= 11 is 0. The molecule has 0 aromatic carbocycles. The van der Waals surface area contributed by atoms with Crippen molar-refractivity contribution in [3.63, 3.8) is 0 Å². The Hall–Kier alpha value is -0.810. The minimum atomic E-state index is -1.25. The van der Waals surface area contributed by atoms with Crippen LogP contribution >= 0.6 is 0 Å². The van der Waals surface area contributed by atoms with Crippen molar-refractivity contribution in [2.45, 2.75) is 168 Å². The van der Waals surface area contributed by atoms with Gasteiger partial charge < -0.3 is 34.1 Å². The minimum absolute atomic E-state index is 0.0485. The first kappa shape index (κ1) is 38.1. The smallest absolute Gasteiger partial charge is 0.305 e. The van der Waals surface area contributed by atoms with Crippen LogP contribution in [0.25, 0.3) is 0 Å². The van der Waals surface area contributed by atoms with Crippen molar-refractivity contribution in [3.05, 3.63) is 0 Å². The van der Waals surface area contributed by atoms with Gasteiger partial charge in [-0.25, -0.2) is 0 Å². The first-order valence-corrected chi connectivity index (χ1v) is 21.5. The summed E-state index contributed by atoms with van der Waals surface area (Å²) < 4.78 is 26.1. The van der Waals surface area contributed by atoms with E-state index >= 15 is 0 Å². The molecule has 14 atom stereocenters. The zero-order valence-electron chi connectivity index (χ0n) is 33.8. The summed E-state index contributed by atoms with van der Waals surface area (Å²) in [4.78, 5) is 17.7. The topological polar surface area (TPSA) is 101 Å². The van der Waals surface area contributed by atoms with Crippen molar-refractivity contribution in [2.75, 3.05) is 45.9 Å². The van der Waals surface area contributed by atoms with Gasteiger partial charge in [-0.1, -0.05) is 41.5 Å². The molecule has 3 aliphatic heterocycles. The van der Waals surface area contributed by atoms with Crippen molar-refractivity contribution in [2.24, 2.45) is 50.7 Å². The molecule has 52 heavy (non-hydrogen) atoms. The zero-order chi connectivity index (χ0) is 37.1. The predicted octanol–water partition coefficient (Wildman–Crippen LogP) is 6.03. The molecule has 8 aliphatic rings. The number of morpholine rings is 1. The van der Waals surface area contributed by atoms with Crippen LogP contribution in [0.3, 0.4) is 0 Å². The molecule has 8 rings (SSSR count). The summed E-state index contributed by atoms with van der Waals surface area (Å²) in [6.45, 7) is 24.8. The number of rotatable bonds is 9. The number of likely N-dealkylation sites (tertiary alicyclic amines) is 1. The molecule has 8 fully saturated rings. The highest BCUT2D eigenvalue weighted by Crippen LogP contribution is 2.89. The largest absolute Gasteiger partial charge is 0.457 e. The van der Waals surface area contributed by atoms with Gasteiger partial charge in [0.15, 0.2) is 12.4 Å². The van der Waals surface area contributed by atoms with Gasteiger partial charge in [0.2, 0.25) is 0 Å². The highest BCUT2D eigenvalue weighted by Gasteiger charge is 2.84. The third kappa shape index (κ3) is 5.57. The van der Waals surface area contributed by atoms with Crippen LogP contribution in [0.15, 0.2) is 0 Å². The number of esters is 1. The van der Waals surface area contributed by atoms with Crippen molar-refractivity contribution < 1.29 is 34.0 Å². The monoisotopic (exact) mass is 729 g/mol. The van der Waals surface area contributed by atoms with Crippen LogP contribution in [0.1, 0.15) is 126 Å². The second-order valence-corrected chi connectivity index (χ2v) is 20.7. The Balaban J connectivity index is 0.982. The van der Waals surface area contributed by atoms with Gasteiger partial charge >= 0.3 is 5.97 Å². The number of nitrogens with zero attached hydrogens (tertiary/aromatic N) is 2. The average molecular weight is 729 g/mol. The first-order valence-electron chi connectivity index (χ1n) is 21.5. The fourth-order valence-corrected chi connectivity index (χ4v) is 15.1. The van der Waals surface area contributed by atoms with E-state index < -0.39 is 23.9 Å². The van der Waals surface area contributed by atoms with Crippen molar-refractivity contribution in [3.8, 4) is 0 Å². The van der Waals surface area contributed by atoms with Crippen LogP contribution in [0.4, 0.5) is 0 Å². The van der Waals surface area contributed by atoms with Crippen LogP contribution in [0, 0.1) is 50.7 Å². The number of aliphatic hydroxyl groups excluding tert-OH is 1. The molecule has 5 aliphatic carbocycles. The highest BCUT2D eigenvalue weighted by molar-refractivity contribution is 5.69. The Morgan fingerprint density at radius 2 is 1.65 bits per heavy atom. The van der Waals surface area contributed by atoms with Crippen LogP contribution in [-0.4, -0.2) is 114 Å². The van der Waals surface area contributed by atoms with Gasteiger partial charge in [-0.2, -0.15) is 0 Å². The molecular formula is C43H72N2O7. The molecule has 0 amide bonds. The van der Waals surface area contributed by atoms with Crippen molar-refractivity contribution in [1.82, 2.24) is 9.80 Å². The maximum atomic E-state index is 12.7. The quantitative estimate of drug-likeness (QED) is 0.276. The Kier molecular flexibility index (Phi) is 9.61. The molecule has 0 aromatic heterocycles. The van der Waals surface area contributed by atoms with E-state index in [1.165, 1.54) is 51.6 Å². The maximum absolute atomic E-state index is 12.7.